The molecule has 1 aliphatic heterocycles. The lowest BCUT2D eigenvalue weighted by molar-refractivity contribution is -0.113. The van der Waals surface area contributed by atoms with E-state index in [4.69, 9.17) is 11.6 Å². The molecular formula is C28H24ClN5O2. The summed E-state index contributed by atoms with van der Waals surface area (Å²) < 4.78 is 1.70. The maximum atomic E-state index is 13.6. The van der Waals surface area contributed by atoms with Gasteiger partial charge in [0.05, 0.1) is 11.8 Å². The number of amides is 2. The van der Waals surface area contributed by atoms with Gasteiger partial charge in [-0.1, -0.05) is 54.1 Å². The second-order valence-electron chi connectivity index (χ2n) is 8.56. The molecule has 180 valence electrons. The van der Waals surface area contributed by atoms with E-state index in [2.05, 4.69) is 21.0 Å². The Hall–Kier alpha value is -4.36. The molecule has 4 aromatic rings. The summed E-state index contributed by atoms with van der Waals surface area (Å²) in [6.07, 6.45) is 1.53. The number of hydrogen-bond acceptors (Lipinski definition) is 4. The number of nitrogens with zero attached hydrogens (tertiary/aromatic N) is 2. The van der Waals surface area contributed by atoms with Gasteiger partial charge in [-0.2, -0.15) is 5.10 Å². The van der Waals surface area contributed by atoms with Gasteiger partial charge in [0.2, 0.25) is 0 Å². The molecule has 3 N–H and O–H groups in total. The van der Waals surface area contributed by atoms with Crippen LogP contribution in [0.25, 0.3) is 0 Å². The number of fused-ring (bicyclic) bond motifs is 1. The number of benzene rings is 3. The number of carbonyl (C=O) groups excluding carboxylic acids is 2. The van der Waals surface area contributed by atoms with Crippen LogP contribution < -0.4 is 16.0 Å². The number of nitrogens with one attached hydrogen (secondary N) is 3. The average Bonchev–Trinajstić information content (AvgIpc) is 3.29. The first-order valence-electron chi connectivity index (χ1n) is 11.5. The molecule has 2 amide bonds. The van der Waals surface area contributed by atoms with E-state index in [-0.39, 0.29) is 11.8 Å². The van der Waals surface area contributed by atoms with Crippen molar-refractivity contribution in [3.63, 3.8) is 0 Å². The minimum atomic E-state index is -0.534. The van der Waals surface area contributed by atoms with Crippen LogP contribution in [0.4, 0.5) is 17.2 Å². The van der Waals surface area contributed by atoms with Crippen molar-refractivity contribution in [3.8, 4) is 0 Å². The normalized spacial score (nSPS) is 14.6. The van der Waals surface area contributed by atoms with Crippen LogP contribution in [-0.2, 0) is 4.79 Å². The van der Waals surface area contributed by atoms with Crippen molar-refractivity contribution in [2.45, 2.75) is 19.9 Å². The highest BCUT2D eigenvalue weighted by molar-refractivity contribution is 6.30. The van der Waals surface area contributed by atoms with Gasteiger partial charge < -0.3 is 16.0 Å². The summed E-state index contributed by atoms with van der Waals surface area (Å²) in [4.78, 5) is 26.7. The van der Waals surface area contributed by atoms with Crippen molar-refractivity contribution < 1.29 is 9.59 Å². The van der Waals surface area contributed by atoms with Crippen LogP contribution in [0.3, 0.4) is 0 Å². The highest BCUT2D eigenvalue weighted by Gasteiger charge is 2.36. The number of allylic oxidation sites excluding steroid dienone is 1. The summed E-state index contributed by atoms with van der Waals surface area (Å²) in [5.41, 5.74) is 4.76. The molecule has 5 rings (SSSR count). The molecule has 0 fully saturated rings. The monoisotopic (exact) mass is 497 g/mol. The first-order chi connectivity index (χ1) is 17.4. The topological polar surface area (TPSA) is 88.0 Å². The Kier molecular flexibility index (Phi) is 6.31. The quantitative estimate of drug-likeness (QED) is 0.314. The predicted molar refractivity (Wildman–Crippen MR) is 142 cm³/mol. The van der Waals surface area contributed by atoms with Gasteiger partial charge >= 0.3 is 0 Å². The van der Waals surface area contributed by atoms with Gasteiger partial charge in [0.1, 0.15) is 17.4 Å². The fraction of sp³-hybridized carbons (Fsp3) is 0.107. The number of para-hydroxylation sites is 1. The SMILES string of the molecule is CC1=C(C(=O)Nc2ccc(Cl)cc2)[C@@H](c2ccccc2C)n2ncc(C(=O)Nc3ccccc3)c2N1. The third kappa shape index (κ3) is 4.48. The van der Waals surface area contributed by atoms with Gasteiger partial charge in [-0.25, -0.2) is 4.68 Å². The molecule has 0 saturated heterocycles. The number of rotatable bonds is 5. The standard InChI is InChI=1S/C28H24ClN5O2/c1-17-8-6-7-11-22(17)25-24(28(36)33-21-14-12-19(29)13-15-21)18(2)31-26-23(16-30-34(25)26)27(35)32-20-9-4-3-5-10-20/h3-16,25,31H,1-2H3,(H,32,35)(H,33,36)/t25-/m1/s1. The van der Waals surface area contributed by atoms with E-state index >= 15 is 0 Å². The first kappa shape index (κ1) is 23.4. The fourth-order valence-electron chi connectivity index (χ4n) is 4.35. The summed E-state index contributed by atoms with van der Waals surface area (Å²) in [6, 6.07) is 23.5. The Morgan fingerprint density at radius 1 is 0.861 bits per heavy atom. The average molecular weight is 498 g/mol. The number of aryl methyl sites for hydroxylation is 1. The van der Waals surface area contributed by atoms with Crippen LogP contribution in [-0.4, -0.2) is 21.6 Å². The van der Waals surface area contributed by atoms with Crippen molar-refractivity contribution >= 4 is 40.6 Å². The van der Waals surface area contributed by atoms with Crippen molar-refractivity contribution in [1.29, 1.82) is 0 Å². The lowest BCUT2D eigenvalue weighted by atomic mass is 9.91. The predicted octanol–water partition coefficient (Wildman–Crippen LogP) is 6.02. The number of anilines is 3. The zero-order valence-corrected chi connectivity index (χ0v) is 20.5. The van der Waals surface area contributed by atoms with Crippen LogP contribution in [0, 0.1) is 6.92 Å². The van der Waals surface area contributed by atoms with Crippen molar-refractivity contribution in [3.05, 3.63) is 118 Å². The van der Waals surface area contributed by atoms with Crippen molar-refractivity contribution in [2.24, 2.45) is 0 Å². The number of hydrogen-bond donors (Lipinski definition) is 3. The number of halogens is 1. The van der Waals surface area contributed by atoms with E-state index in [0.29, 0.717) is 39.0 Å². The Morgan fingerprint density at radius 3 is 2.22 bits per heavy atom. The summed E-state index contributed by atoms with van der Waals surface area (Å²) in [5.74, 6) is -0.0374. The highest BCUT2D eigenvalue weighted by atomic mass is 35.5. The largest absolute Gasteiger partial charge is 0.343 e. The smallest absolute Gasteiger partial charge is 0.261 e. The third-order valence-electron chi connectivity index (χ3n) is 6.13. The zero-order valence-electron chi connectivity index (χ0n) is 19.7. The van der Waals surface area contributed by atoms with Gasteiger partial charge in [-0.15, -0.1) is 0 Å². The molecule has 0 bridgehead atoms. The summed E-state index contributed by atoms with van der Waals surface area (Å²) in [7, 11) is 0. The molecule has 3 aromatic carbocycles. The maximum Gasteiger partial charge on any atom is 0.261 e. The summed E-state index contributed by atoms with van der Waals surface area (Å²) in [6.45, 7) is 3.82. The van der Waals surface area contributed by atoms with Gasteiger partial charge in [0.25, 0.3) is 11.8 Å². The molecule has 36 heavy (non-hydrogen) atoms. The molecule has 1 atom stereocenters. The minimum Gasteiger partial charge on any atom is -0.343 e. The Balaban J connectivity index is 1.55. The summed E-state index contributed by atoms with van der Waals surface area (Å²) in [5, 5.41) is 14.3. The van der Waals surface area contributed by atoms with Crippen LogP contribution in [0.1, 0.15) is 34.5 Å². The van der Waals surface area contributed by atoms with Crippen LogP contribution in [0.2, 0.25) is 5.02 Å². The van der Waals surface area contributed by atoms with Gasteiger partial charge in [-0.3, -0.25) is 9.59 Å². The van der Waals surface area contributed by atoms with E-state index < -0.39 is 6.04 Å². The molecule has 1 aromatic heterocycles. The molecule has 0 spiro atoms. The Labute approximate surface area is 213 Å². The maximum absolute atomic E-state index is 13.6. The Morgan fingerprint density at radius 2 is 1.50 bits per heavy atom. The number of carbonyl (C=O) groups is 2. The van der Waals surface area contributed by atoms with E-state index in [9.17, 15) is 9.59 Å². The molecular weight excluding hydrogens is 474 g/mol. The van der Waals surface area contributed by atoms with E-state index in [1.165, 1.54) is 6.20 Å². The lowest BCUT2D eigenvalue weighted by Gasteiger charge is -2.31. The molecule has 8 heteroatoms. The van der Waals surface area contributed by atoms with Crippen molar-refractivity contribution in [1.82, 2.24) is 9.78 Å². The molecule has 0 saturated carbocycles. The first-order valence-corrected chi connectivity index (χ1v) is 11.8. The van der Waals surface area contributed by atoms with Crippen LogP contribution >= 0.6 is 11.6 Å². The highest BCUT2D eigenvalue weighted by Crippen LogP contribution is 2.39. The molecule has 7 nitrogen and oxygen atoms in total. The third-order valence-corrected chi connectivity index (χ3v) is 6.38. The van der Waals surface area contributed by atoms with Crippen LogP contribution in [0.5, 0.6) is 0 Å². The molecule has 0 radical (unpaired) electrons. The Bertz CT molecular complexity index is 1480. The van der Waals surface area contributed by atoms with Gasteiger partial charge in [-0.05, 0) is 61.4 Å². The molecule has 0 unspecified atom stereocenters. The van der Waals surface area contributed by atoms with Crippen molar-refractivity contribution in [2.75, 3.05) is 16.0 Å². The fourth-order valence-corrected chi connectivity index (χ4v) is 4.47. The molecule has 1 aliphatic rings. The second kappa shape index (κ2) is 9.71. The molecule has 2 heterocycles. The van der Waals surface area contributed by atoms with Gasteiger partial charge in [0.15, 0.2) is 0 Å². The van der Waals surface area contributed by atoms with Gasteiger partial charge in [0, 0.05) is 22.1 Å². The second-order valence-corrected chi connectivity index (χ2v) is 8.99. The minimum absolute atomic E-state index is 0.271. The van der Waals surface area contributed by atoms with E-state index in [1.807, 2.05) is 68.4 Å². The van der Waals surface area contributed by atoms with E-state index in [1.54, 1.807) is 28.9 Å². The summed E-state index contributed by atoms with van der Waals surface area (Å²) >= 11 is 6.00. The zero-order chi connectivity index (χ0) is 25.2. The van der Waals surface area contributed by atoms with Crippen LogP contribution in [0.15, 0.2) is 96.3 Å². The number of aromatic nitrogens is 2. The van der Waals surface area contributed by atoms with E-state index in [0.717, 1.165) is 11.1 Å². The lowest BCUT2D eigenvalue weighted by Crippen LogP contribution is -2.32. The molecule has 0 aliphatic carbocycles.